The molecule has 0 atom stereocenters. The van der Waals surface area contributed by atoms with Crippen molar-refractivity contribution >= 4 is 27.5 Å². The minimum absolute atomic E-state index is 0.783. The average molecular weight is 222 g/mol. The lowest BCUT2D eigenvalue weighted by Crippen LogP contribution is -1.88. The number of nitrogens with two attached hydrogens (primary N) is 1. The summed E-state index contributed by atoms with van der Waals surface area (Å²) in [6.07, 6.45) is 1.05. The molecule has 0 aliphatic rings. The topological polar surface area (TPSA) is 38.9 Å². The van der Waals surface area contributed by atoms with Gasteiger partial charge in [0.25, 0.3) is 0 Å². The first-order valence-corrected chi connectivity index (χ1v) is 5.85. The minimum Gasteiger partial charge on any atom is -0.399 e. The molecule has 3 rings (SSSR count). The Bertz CT molecular complexity index is 702. The maximum atomic E-state index is 5.80. The standard InChI is InChI=1S/C15H14N2/c1-2-10-3-5-14-11(7-10)8-12-9-13(16)4-6-15(12)17-14/h3-9H,2,16H2,1H3. The molecule has 17 heavy (non-hydrogen) atoms. The van der Waals surface area contributed by atoms with Crippen LogP contribution in [0, 0.1) is 0 Å². The first-order chi connectivity index (χ1) is 8.26. The third kappa shape index (κ3) is 1.72. The van der Waals surface area contributed by atoms with Crippen molar-refractivity contribution in [3.63, 3.8) is 0 Å². The molecule has 0 unspecified atom stereocenters. The Hall–Kier alpha value is -2.09. The minimum atomic E-state index is 0.783. The highest BCUT2D eigenvalue weighted by molar-refractivity contribution is 5.94. The Morgan fingerprint density at radius 2 is 1.65 bits per heavy atom. The molecule has 0 spiro atoms. The number of benzene rings is 2. The number of hydrogen-bond acceptors (Lipinski definition) is 2. The van der Waals surface area contributed by atoms with Crippen LogP contribution >= 0.6 is 0 Å². The van der Waals surface area contributed by atoms with E-state index in [4.69, 9.17) is 5.73 Å². The normalized spacial score (nSPS) is 11.1. The van der Waals surface area contributed by atoms with Crippen LogP contribution in [-0.4, -0.2) is 4.98 Å². The fourth-order valence-electron chi connectivity index (χ4n) is 2.13. The summed E-state index contributed by atoms with van der Waals surface area (Å²) in [5, 5.41) is 2.29. The van der Waals surface area contributed by atoms with E-state index in [2.05, 4.69) is 36.2 Å². The van der Waals surface area contributed by atoms with E-state index >= 15 is 0 Å². The highest BCUT2D eigenvalue weighted by Gasteiger charge is 2.01. The number of aryl methyl sites for hydroxylation is 1. The number of hydrogen-bond donors (Lipinski definition) is 1. The number of pyridine rings is 1. The van der Waals surface area contributed by atoms with Crippen molar-refractivity contribution in [2.45, 2.75) is 13.3 Å². The number of fused-ring (bicyclic) bond motifs is 2. The van der Waals surface area contributed by atoms with Gasteiger partial charge in [0.1, 0.15) is 0 Å². The van der Waals surface area contributed by atoms with Crippen LogP contribution in [0.4, 0.5) is 5.69 Å². The number of rotatable bonds is 1. The average Bonchev–Trinajstić information content (AvgIpc) is 2.35. The van der Waals surface area contributed by atoms with Crippen molar-refractivity contribution in [1.29, 1.82) is 0 Å². The lowest BCUT2D eigenvalue weighted by atomic mass is 10.1. The highest BCUT2D eigenvalue weighted by atomic mass is 14.7. The van der Waals surface area contributed by atoms with E-state index in [1.807, 2.05) is 18.2 Å². The molecule has 2 N–H and O–H groups in total. The van der Waals surface area contributed by atoms with Crippen LogP contribution in [0.25, 0.3) is 21.8 Å². The van der Waals surface area contributed by atoms with Gasteiger partial charge in [-0.05, 0) is 48.4 Å². The molecule has 2 nitrogen and oxygen atoms in total. The Morgan fingerprint density at radius 1 is 0.941 bits per heavy atom. The van der Waals surface area contributed by atoms with E-state index in [1.54, 1.807) is 0 Å². The Kier molecular flexibility index (Phi) is 2.22. The van der Waals surface area contributed by atoms with Crippen molar-refractivity contribution in [2.24, 2.45) is 0 Å². The smallest absolute Gasteiger partial charge is 0.0711 e. The number of aromatic nitrogens is 1. The maximum Gasteiger partial charge on any atom is 0.0711 e. The van der Waals surface area contributed by atoms with Crippen LogP contribution in [-0.2, 0) is 6.42 Å². The van der Waals surface area contributed by atoms with Gasteiger partial charge in [-0.15, -0.1) is 0 Å². The fourth-order valence-corrected chi connectivity index (χ4v) is 2.13. The van der Waals surface area contributed by atoms with E-state index in [1.165, 1.54) is 10.9 Å². The van der Waals surface area contributed by atoms with Crippen molar-refractivity contribution in [2.75, 3.05) is 5.73 Å². The first-order valence-electron chi connectivity index (χ1n) is 5.85. The summed E-state index contributed by atoms with van der Waals surface area (Å²) < 4.78 is 0. The molecule has 1 heterocycles. The quantitative estimate of drug-likeness (QED) is 0.505. The molecular formula is C15H14N2. The van der Waals surface area contributed by atoms with Gasteiger partial charge in [0.05, 0.1) is 11.0 Å². The zero-order valence-electron chi connectivity index (χ0n) is 9.77. The molecule has 2 heteroatoms. The monoisotopic (exact) mass is 222 g/mol. The van der Waals surface area contributed by atoms with Crippen LogP contribution in [0.1, 0.15) is 12.5 Å². The maximum absolute atomic E-state index is 5.80. The lowest BCUT2D eigenvalue weighted by Gasteiger charge is -2.04. The molecule has 0 fully saturated rings. The van der Waals surface area contributed by atoms with E-state index in [-0.39, 0.29) is 0 Å². The molecule has 3 aromatic rings. The predicted octanol–water partition coefficient (Wildman–Crippen LogP) is 3.53. The van der Waals surface area contributed by atoms with Gasteiger partial charge in [-0.25, -0.2) is 4.98 Å². The number of anilines is 1. The van der Waals surface area contributed by atoms with Gasteiger partial charge < -0.3 is 5.73 Å². The highest BCUT2D eigenvalue weighted by Crippen LogP contribution is 2.22. The summed E-state index contributed by atoms with van der Waals surface area (Å²) >= 11 is 0. The molecule has 2 aromatic carbocycles. The fraction of sp³-hybridized carbons (Fsp3) is 0.133. The Morgan fingerprint density at radius 3 is 2.41 bits per heavy atom. The molecular weight excluding hydrogens is 208 g/mol. The molecule has 1 aromatic heterocycles. The molecule has 0 saturated heterocycles. The van der Waals surface area contributed by atoms with Crippen LogP contribution in [0.2, 0.25) is 0 Å². The third-order valence-corrected chi connectivity index (χ3v) is 3.10. The van der Waals surface area contributed by atoms with Gasteiger partial charge in [0.2, 0.25) is 0 Å². The molecule has 0 aliphatic heterocycles. The van der Waals surface area contributed by atoms with Crippen molar-refractivity contribution in [1.82, 2.24) is 4.98 Å². The van der Waals surface area contributed by atoms with E-state index < -0.39 is 0 Å². The molecule has 0 radical (unpaired) electrons. The van der Waals surface area contributed by atoms with Gasteiger partial charge >= 0.3 is 0 Å². The second-order valence-electron chi connectivity index (χ2n) is 4.32. The van der Waals surface area contributed by atoms with Crippen LogP contribution in [0.15, 0.2) is 42.5 Å². The van der Waals surface area contributed by atoms with Crippen molar-refractivity contribution in [3.8, 4) is 0 Å². The second kappa shape index (κ2) is 3.74. The van der Waals surface area contributed by atoms with Crippen LogP contribution in [0.5, 0.6) is 0 Å². The summed E-state index contributed by atoms with van der Waals surface area (Å²) in [4.78, 5) is 4.64. The van der Waals surface area contributed by atoms with E-state index in [0.29, 0.717) is 0 Å². The second-order valence-corrected chi connectivity index (χ2v) is 4.32. The van der Waals surface area contributed by atoms with Gasteiger partial charge in [-0.1, -0.05) is 13.0 Å². The van der Waals surface area contributed by atoms with Gasteiger partial charge in [0, 0.05) is 16.5 Å². The molecule has 84 valence electrons. The van der Waals surface area contributed by atoms with E-state index in [9.17, 15) is 0 Å². The Balaban J connectivity index is 2.36. The summed E-state index contributed by atoms with van der Waals surface area (Å²) in [5.74, 6) is 0. The molecule has 0 bridgehead atoms. The first kappa shape index (κ1) is 10.1. The molecule has 0 saturated carbocycles. The summed E-state index contributed by atoms with van der Waals surface area (Å²) in [6, 6.07) is 14.4. The van der Waals surface area contributed by atoms with Gasteiger partial charge in [-0.2, -0.15) is 0 Å². The van der Waals surface area contributed by atoms with Crippen molar-refractivity contribution in [3.05, 3.63) is 48.0 Å². The lowest BCUT2D eigenvalue weighted by molar-refractivity contribution is 1.15. The van der Waals surface area contributed by atoms with Gasteiger partial charge in [-0.3, -0.25) is 0 Å². The van der Waals surface area contributed by atoms with Crippen molar-refractivity contribution < 1.29 is 0 Å². The summed E-state index contributed by atoms with van der Waals surface area (Å²) in [6.45, 7) is 2.16. The van der Waals surface area contributed by atoms with Gasteiger partial charge in [0.15, 0.2) is 0 Å². The summed E-state index contributed by atoms with van der Waals surface area (Å²) in [7, 11) is 0. The number of nitrogen functional groups attached to an aromatic ring is 1. The van der Waals surface area contributed by atoms with Crippen LogP contribution < -0.4 is 5.73 Å². The molecule has 0 amide bonds. The zero-order valence-corrected chi connectivity index (χ0v) is 9.77. The van der Waals surface area contributed by atoms with E-state index in [0.717, 1.165) is 28.5 Å². The van der Waals surface area contributed by atoms with Crippen LogP contribution in [0.3, 0.4) is 0 Å². The SMILES string of the molecule is CCc1ccc2nc3ccc(N)cc3cc2c1. The summed E-state index contributed by atoms with van der Waals surface area (Å²) in [5.41, 5.74) is 9.95. The zero-order chi connectivity index (χ0) is 11.8. The molecule has 0 aliphatic carbocycles. The number of nitrogens with zero attached hydrogens (tertiary/aromatic N) is 1. The Labute approximate surface area is 100 Å². The largest absolute Gasteiger partial charge is 0.399 e. The third-order valence-electron chi connectivity index (χ3n) is 3.10. The predicted molar refractivity (Wildman–Crippen MR) is 73.0 cm³/mol.